The van der Waals surface area contributed by atoms with Gasteiger partial charge >= 0.3 is 0 Å². The summed E-state index contributed by atoms with van der Waals surface area (Å²) < 4.78 is 5.38. The van der Waals surface area contributed by atoms with E-state index in [9.17, 15) is 4.79 Å². The first-order chi connectivity index (χ1) is 13.3. The Hall–Kier alpha value is -2.99. The van der Waals surface area contributed by atoms with Crippen LogP contribution in [0, 0.1) is 0 Å². The summed E-state index contributed by atoms with van der Waals surface area (Å²) in [5, 5.41) is 7.39. The molecule has 1 aliphatic rings. The van der Waals surface area contributed by atoms with E-state index in [4.69, 9.17) is 4.52 Å². The average Bonchev–Trinajstić information content (AvgIpc) is 3.24. The fourth-order valence-electron chi connectivity index (χ4n) is 3.39. The molecule has 3 aromatic rings. The molecule has 0 radical (unpaired) electrons. The fourth-order valence-corrected chi connectivity index (χ4v) is 3.39. The van der Waals surface area contributed by atoms with Crippen molar-refractivity contribution in [2.75, 3.05) is 19.6 Å². The molecule has 0 aliphatic carbocycles. The molecule has 1 unspecified atom stereocenters. The van der Waals surface area contributed by atoms with Gasteiger partial charge in [-0.05, 0) is 29.7 Å². The van der Waals surface area contributed by atoms with Gasteiger partial charge in [0.15, 0.2) is 11.5 Å². The highest BCUT2D eigenvalue weighted by atomic mass is 16.5. The molecule has 138 valence electrons. The molecule has 0 bridgehead atoms. The summed E-state index contributed by atoms with van der Waals surface area (Å²) in [5.41, 5.74) is 3.55. The Labute approximate surface area is 158 Å². The Morgan fingerprint density at radius 2 is 2.15 bits per heavy atom. The number of amides is 1. The number of nitrogens with one attached hydrogen (secondary N) is 1. The van der Waals surface area contributed by atoms with Gasteiger partial charge in [0.05, 0.1) is 6.04 Å². The number of piperazine rings is 1. The summed E-state index contributed by atoms with van der Waals surface area (Å²) in [4.78, 5) is 19.1. The van der Waals surface area contributed by atoms with E-state index < -0.39 is 0 Å². The van der Waals surface area contributed by atoms with E-state index in [1.54, 1.807) is 18.5 Å². The summed E-state index contributed by atoms with van der Waals surface area (Å²) in [6.45, 7) is 4.26. The number of nitrogens with zero attached hydrogens (tertiary/aromatic N) is 3. The third-order valence-electron chi connectivity index (χ3n) is 4.95. The Bertz CT molecular complexity index is 905. The summed E-state index contributed by atoms with van der Waals surface area (Å²) in [6, 6.07) is 13.9. The van der Waals surface area contributed by atoms with Crippen molar-refractivity contribution in [1.82, 2.24) is 20.4 Å². The van der Waals surface area contributed by atoms with Crippen LogP contribution in [0.25, 0.3) is 11.3 Å². The lowest BCUT2D eigenvalue weighted by Crippen LogP contribution is -2.48. The topological polar surface area (TPSA) is 71.3 Å². The standard InChI is InChI=1S/C21H22N4O2/c1-2-15-5-7-16(8-6-15)19-14-23-10-11-25(19)21(26)18-12-20(27-24-18)17-4-3-9-22-13-17/h3-9,12-13,19,23H,2,10-11,14H2,1H3. The van der Waals surface area contributed by atoms with Gasteiger partial charge in [-0.25, -0.2) is 0 Å². The Morgan fingerprint density at radius 1 is 1.30 bits per heavy atom. The van der Waals surface area contributed by atoms with Gasteiger partial charge < -0.3 is 14.7 Å². The molecule has 1 N–H and O–H groups in total. The number of carbonyl (C=O) groups excluding carboxylic acids is 1. The largest absolute Gasteiger partial charge is 0.355 e. The van der Waals surface area contributed by atoms with Gasteiger partial charge in [0.1, 0.15) is 0 Å². The number of aromatic nitrogens is 2. The zero-order chi connectivity index (χ0) is 18.6. The smallest absolute Gasteiger partial charge is 0.276 e. The minimum atomic E-state index is -0.111. The van der Waals surface area contributed by atoms with E-state index >= 15 is 0 Å². The summed E-state index contributed by atoms with van der Waals surface area (Å²) >= 11 is 0. The zero-order valence-corrected chi connectivity index (χ0v) is 15.3. The molecule has 1 aromatic carbocycles. The first kappa shape index (κ1) is 17.4. The van der Waals surface area contributed by atoms with Crippen molar-refractivity contribution >= 4 is 5.91 Å². The SMILES string of the molecule is CCc1ccc(C2CNCCN2C(=O)c2cc(-c3cccnc3)on2)cc1. The molecule has 27 heavy (non-hydrogen) atoms. The molecule has 1 amide bonds. The highest BCUT2D eigenvalue weighted by Gasteiger charge is 2.30. The molecule has 1 saturated heterocycles. The zero-order valence-electron chi connectivity index (χ0n) is 15.3. The Balaban J connectivity index is 1.58. The first-order valence-corrected chi connectivity index (χ1v) is 9.24. The molecule has 1 aliphatic heterocycles. The molecule has 6 nitrogen and oxygen atoms in total. The van der Waals surface area contributed by atoms with Gasteiger partial charge in [-0.3, -0.25) is 9.78 Å². The van der Waals surface area contributed by atoms with E-state index in [1.165, 1.54) is 5.56 Å². The van der Waals surface area contributed by atoms with Crippen molar-refractivity contribution in [3.63, 3.8) is 0 Å². The van der Waals surface area contributed by atoms with Crippen LogP contribution in [0.3, 0.4) is 0 Å². The molecular formula is C21H22N4O2. The monoisotopic (exact) mass is 362 g/mol. The first-order valence-electron chi connectivity index (χ1n) is 9.24. The van der Waals surface area contributed by atoms with Crippen LogP contribution in [-0.2, 0) is 6.42 Å². The predicted molar refractivity (Wildman–Crippen MR) is 102 cm³/mol. The quantitative estimate of drug-likeness (QED) is 0.772. The van der Waals surface area contributed by atoms with Gasteiger partial charge in [-0.1, -0.05) is 36.3 Å². The van der Waals surface area contributed by atoms with Crippen LogP contribution in [0.2, 0.25) is 0 Å². The number of hydrogen-bond acceptors (Lipinski definition) is 5. The van der Waals surface area contributed by atoms with Gasteiger partial charge in [0, 0.05) is 43.7 Å². The second kappa shape index (κ2) is 7.72. The predicted octanol–water partition coefficient (Wildman–Crippen LogP) is 3.09. The molecule has 0 spiro atoms. The Morgan fingerprint density at radius 3 is 2.89 bits per heavy atom. The molecule has 2 aromatic heterocycles. The van der Waals surface area contributed by atoms with Crippen LogP contribution < -0.4 is 5.32 Å². The van der Waals surface area contributed by atoms with Crippen molar-refractivity contribution in [3.05, 3.63) is 71.7 Å². The third-order valence-corrected chi connectivity index (χ3v) is 4.95. The van der Waals surface area contributed by atoms with Crippen LogP contribution >= 0.6 is 0 Å². The van der Waals surface area contributed by atoms with Gasteiger partial charge in [-0.15, -0.1) is 0 Å². The highest BCUT2D eigenvalue weighted by Crippen LogP contribution is 2.26. The van der Waals surface area contributed by atoms with E-state index in [-0.39, 0.29) is 11.9 Å². The maximum atomic E-state index is 13.1. The summed E-state index contributed by atoms with van der Waals surface area (Å²) in [5.74, 6) is 0.436. The van der Waals surface area contributed by atoms with Crippen molar-refractivity contribution in [2.24, 2.45) is 0 Å². The molecule has 1 atom stereocenters. The second-order valence-electron chi connectivity index (χ2n) is 6.63. The van der Waals surface area contributed by atoms with Crippen molar-refractivity contribution < 1.29 is 9.32 Å². The van der Waals surface area contributed by atoms with Gasteiger partial charge in [0.25, 0.3) is 5.91 Å². The van der Waals surface area contributed by atoms with Crippen LogP contribution in [0.5, 0.6) is 0 Å². The third kappa shape index (κ3) is 3.61. The number of benzene rings is 1. The molecule has 1 fully saturated rings. The number of pyridine rings is 1. The average molecular weight is 362 g/mol. The van der Waals surface area contributed by atoms with E-state index in [2.05, 4.69) is 46.6 Å². The van der Waals surface area contributed by atoms with E-state index in [0.29, 0.717) is 18.0 Å². The second-order valence-corrected chi connectivity index (χ2v) is 6.63. The van der Waals surface area contributed by atoms with Crippen molar-refractivity contribution in [2.45, 2.75) is 19.4 Å². The lowest BCUT2D eigenvalue weighted by Gasteiger charge is -2.36. The lowest BCUT2D eigenvalue weighted by molar-refractivity contribution is 0.0624. The summed E-state index contributed by atoms with van der Waals surface area (Å²) in [7, 11) is 0. The van der Waals surface area contributed by atoms with Crippen LogP contribution in [0.1, 0.15) is 34.6 Å². The molecule has 6 heteroatoms. The number of aryl methyl sites for hydroxylation is 1. The van der Waals surface area contributed by atoms with Crippen LogP contribution in [-0.4, -0.2) is 40.6 Å². The van der Waals surface area contributed by atoms with Crippen molar-refractivity contribution in [3.8, 4) is 11.3 Å². The molecular weight excluding hydrogens is 340 g/mol. The minimum Gasteiger partial charge on any atom is -0.355 e. The Kier molecular flexibility index (Phi) is 4.98. The maximum Gasteiger partial charge on any atom is 0.276 e. The van der Waals surface area contributed by atoms with Crippen LogP contribution in [0.15, 0.2) is 59.4 Å². The number of carbonyl (C=O) groups is 1. The van der Waals surface area contributed by atoms with E-state index in [1.807, 2.05) is 17.0 Å². The normalized spacial score (nSPS) is 17.1. The summed E-state index contributed by atoms with van der Waals surface area (Å²) in [6.07, 6.45) is 4.39. The molecule has 3 heterocycles. The number of rotatable bonds is 4. The fraction of sp³-hybridized carbons (Fsp3) is 0.286. The molecule has 0 saturated carbocycles. The highest BCUT2D eigenvalue weighted by molar-refractivity contribution is 5.93. The molecule has 4 rings (SSSR count). The lowest BCUT2D eigenvalue weighted by atomic mass is 10.0. The van der Waals surface area contributed by atoms with E-state index in [0.717, 1.165) is 30.6 Å². The number of hydrogen-bond donors (Lipinski definition) is 1. The van der Waals surface area contributed by atoms with Gasteiger partial charge in [-0.2, -0.15) is 0 Å². The minimum absolute atomic E-state index is 0.0179. The van der Waals surface area contributed by atoms with Crippen LogP contribution in [0.4, 0.5) is 0 Å². The van der Waals surface area contributed by atoms with Crippen molar-refractivity contribution in [1.29, 1.82) is 0 Å². The van der Waals surface area contributed by atoms with Gasteiger partial charge in [0.2, 0.25) is 0 Å². The maximum absolute atomic E-state index is 13.1.